The molecule has 0 aliphatic carbocycles. The van der Waals surface area contributed by atoms with E-state index in [2.05, 4.69) is 4.52 Å². The van der Waals surface area contributed by atoms with Crippen molar-refractivity contribution in [2.24, 2.45) is 0 Å². The molecule has 3 aromatic rings. The van der Waals surface area contributed by atoms with Crippen LogP contribution in [0.3, 0.4) is 0 Å². The first kappa shape index (κ1) is 22.4. The van der Waals surface area contributed by atoms with Crippen molar-refractivity contribution < 1.29 is 48.3 Å². The average Bonchev–Trinajstić information content (AvgIpc) is 2.70. The van der Waals surface area contributed by atoms with E-state index in [1.165, 1.54) is 6.07 Å². The minimum atomic E-state index is -4.19. The second-order valence-corrected chi connectivity index (χ2v) is 8.07. The Hall–Kier alpha value is -3.24. The molecule has 0 bridgehead atoms. The van der Waals surface area contributed by atoms with Gasteiger partial charge in [0.15, 0.2) is 30.4 Å². The smallest absolute Gasteiger partial charge is 0.367 e. The van der Waals surface area contributed by atoms with Crippen molar-refractivity contribution in [1.82, 2.24) is 0 Å². The van der Waals surface area contributed by atoms with E-state index in [9.17, 15) is 34.7 Å². The highest BCUT2D eigenvalue weighted by atomic mass is 31.2. The van der Waals surface area contributed by atoms with Gasteiger partial charge in [0.25, 0.3) is 0 Å². The lowest BCUT2D eigenvalue weighted by Gasteiger charge is -2.14. The quantitative estimate of drug-likeness (QED) is 0.192. The summed E-state index contributed by atoms with van der Waals surface area (Å²) in [5.41, 5.74) is -1.08. The summed E-state index contributed by atoms with van der Waals surface area (Å²) >= 11 is 0. The molecule has 1 atom stereocenters. The molecule has 1 aromatic heterocycles. The fourth-order valence-electron chi connectivity index (χ4n) is 2.63. The number of benzene rings is 2. The lowest BCUT2D eigenvalue weighted by molar-refractivity contribution is 0.0136. The molecule has 0 radical (unpaired) electrons. The first-order valence-electron chi connectivity index (χ1n) is 8.85. The van der Waals surface area contributed by atoms with Gasteiger partial charge in [-0.15, -0.1) is 0 Å². The molecule has 11 nitrogen and oxygen atoms in total. The molecule has 0 saturated carbocycles. The van der Waals surface area contributed by atoms with E-state index >= 15 is 0 Å². The monoisotopic (exact) mass is 454 g/mol. The van der Waals surface area contributed by atoms with Crippen LogP contribution in [-0.4, -0.2) is 45.1 Å². The van der Waals surface area contributed by atoms with Crippen LogP contribution in [0.4, 0.5) is 0 Å². The molecule has 0 saturated heterocycles. The summed E-state index contributed by atoms with van der Waals surface area (Å²) in [7, 11) is -4.19. The summed E-state index contributed by atoms with van der Waals surface area (Å²) in [6.45, 7) is 1.53. The van der Waals surface area contributed by atoms with Gasteiger partial charge in [-0.3, -0.25) is 13.9 Å². The van der Waals surface area contributed by atoms with Gasteiger partial charge in [-0.25, -0.2) is 0 Å². The average molecular weight is 454 g/mol. The van der Waals surface area contributed by atoms with Gasteiger partial charge in [0.05, 0.1) is 0 Å². The van der Waals surface area contributed by atoms with Crippen molar-refractivity contribution in [3.8, 4) is 40.1 Å². The highest BCUT2D eigenvalue weighted by molar-refractivity contribution is 7.52. The van der Waals surface area contributed by atoms with E-state index in [1.807, 2.05) is 0 Å². The summed E-state index contributed by atoms with van der Waals surface area (Å²) in [6.07, 6.45) is -0.813. The highest BCUT2D eigenvalue weighted by Gasteiger charge is 2.23. The summed E-state index contributed by atoms with van der Waals surface area (Å²) in [4.78, 5) is 22.2. The van der Waals surface area contributed by atoms with Crippen LogP contribution >= 0.6 is 7.60 Å². The highest BCUT2D eigenvalue weighted by Crippen LogP contribution is 2.44. The zero-order chi connectivity index (χ0) is 22.8. The van der Waals surface area contributed by atoms with Crippen LogP contribution in [0.2, 0.25) is 0 Å². The molecular weight excluding hydrogens is 435 g/mol. The van der Waals surface area contributed by atoms with Gasteiger partial charge in [-0.2, -0.15) is 0 Å². The molecule has 0 aliphatic heterocycles. The fraction of sp³-hybridized carbons (Fsp3) is 0.211. The molecule has 12 heteroatoms. The Morgan fingerprint density at radius 3 is 2.52 bits per heavy atom. The Kier molecular flexibility index (Phi) is 6.42. The fourth-order valence-corrected chi connectivity index (χ4v) is 3.25. The standard InChI is InChI=1S/C19H19O11P/c1-2-27-8-29-31(25,26)9-28-14-5-10(3-4-12(14)21)19-18(24)17(23)16-13(22)6-11(20)7-15(16)30-19/h3-7,20-22,24H,2,8-9H2,1H3,(H,25,26). The molecule has 166 valence electrons. The molecule has 0 spiro atoms. The summed E-state index contributed by atoms with van der Waals surface area (Å²) in [6, 6.07) is 5.60. The Balaban J connectivity index is 1.96. The van der Waals surface area contributed by atoms with Crippen molar-refractivity contribution >= 4 is 18.6 Å². The summed E-state index contributed by atoms with van der Waals surface area (Å²) in [5.74, 6) is -2.78. The second kappa shape index (κ2) is 8.86. The Bertz CT molecular complexity index is 1220. The Morgan fingerprint density at radius 2 is 1.81 bits per heavy atom. The lowest BCUT2D eigenvalue weighted by Crippen LogP contribution is -2.05. The Morgan fingerprint density at radius 1 is 1.06 bits per heavy atom. The first-order valence-corrected chi connectivity index (χ1v) is 10.6. The van der Waals surface area contributed by atoms with Gasteiger partial charge in [0.1, 0.15) is 22.5 Å². The first-order chi connectivity index (χ1) is 14.6. The normalized spacial score (nSPS) is 13.2. The number of aromatic hydroxyl groups is 4. The number of rotatable bonds is 8. The lowest BCUT2D eigenvalue weighted by atomic mass is 10.1. The minimum Gasteiger partial charge on any atom is -0.508 e. The molecule has 3 rings (SSSR count). The van der Waals surface area contributed by atoms with Crippen LogP contribution in [0.25, 0.3) is 22.3 Å². The van der Waals surface area contributed by atoms with Crippen LogP contribution in [0.1, 0.15) is 6.92 Å². The van der Waals surface area contributed by atoms with Crippen LogP contribution in [0.5, 0.6) is 28.7 Å². The van der Waals surface area contributed by atoms with Gasteiger partial charge in [0.2, 0.25) is 11.2 Å². The Labute approximate surface area is 174 Å². The molecule has 1 unspecified atom stereocenters. The molecule has 0 amide bonds. The van der Waals surface area contributed by atoms with Gasteiger partial charge >= 0.3 is 7.60 Å². The van der Waals surface area contributed by atoms with Crippen LogP contribution in [0.15, 0.2) is 39.5 Å². The zero-order valence-corrected chi connectivity index (χ0v) is 17.0. The summed E-state index contributed by atoms with van der Waals surface area (Å²) < 4.78 is 32.1. The topological polar surface area (TPSA) is 176 Å². The third kappa shape index (κ3) is 4.92. The van der Waals surface area contributed by atoms with Crippen molar-refractivity contribution in [2.45, 2.75) is 6.92 Å². The van der Waals surface area contributed by atoms with E-state index in [4.69, 9.17) is 13.9 Å². The molecule has 31 heavy (non-hydrogen) atoms. The maximum Gasteiger partial charge on any atom is 0.367 e. The largest absolute Gasteiger partial charge is 0.508 e. The molecule has 0 aliphatic rings. The van der Waals surface area contributed by atoms with E-state index in [-0.39, 0.29) is 40.4 Å². The maximum absolute atomic E-state index is 12.5. The molecule has 5 N–H and O–H groups in total. The van der Waals surface area contributed by atoms with Gasteiger partial charge in [-0.05, 0) is 25.1 Å². The van der Waals surface area contributed by atoms with Crippen molar-refractivity contribution in [3.05, 3.63) is 40.6 Å². The SMILES string of the molecule is CCOCOP(=O)(O)COc1cc(-c2oc3cc(O)cc(O)c3c(=O)c2O)ccc1O. The van der Waals surface area contributed by atoms with Crippen molar-refractivity contribution in [2.75, 3.05) is 19.7 Å². The predicted octanol–water partition coefficient (Wildman–Crippen LogP) is 2.81. The molecule has 1 heterocycles. The van der Waals surface area contributed by atoms with E-state index in [1.54, 1.807) is 6.92 Å². The van der Waals surface area contributed by atoms with Crippen LogP contribution in [0, 0.1) is 0 Å². The van der Waals surface area contributed by atoms with Gasteiger partial charge in [-0.1, -0.05) is 0 Å². The third-order valence-corrected chi connectivity index (χ3v) is 5.05. The van der Waals surface area contributed by atoms with Gasteiger partial charge < -0.3 is 39.2 Å². The van der Waals surface area contributed by atoms with Gasteiger partial charge in [0, 0.05) is 24.3 Å². The minimum absolute atomic E-state index is 0.0649. The number of hydrogen-bond donors (Lipinski definition) is 5. The number of phenols is 3. The van der Waals surface area contributed by atoms with Crippen molar-refractivity contribution in [3.63, 3.8) is 0 Å². The van der Waals surface area contributed by atoms with Crippen LogP contribution < -0.4 is 10.2 Å². The van der Waals surface area contributed by atoms with Crippen molar-refractivity contribution in [1.29, 1.82) is 0 Å². The number of phenolic OH excluding ortho intramolecular Hbond substituents is 3. The second-order valence-electron chi connectivity index (χ2n) is 6.28. The maximum atomic E-state index is 12.5. The van der Waals surface area contributed by atoms with E-state index in [0.29, 0.717) is 0 Å². The number of ether oxygens (including phenoxy) is 2. The van der Waals surface area contributed by atoms with E-state index < -0.39 is 43.4 Å². The number of fused-ring (bicyclic) bond motifs is 1. The third-order valence-electron chi connectivity index (χ3n) is 4.08. The van der Waals surface area contributed by atoms with E-state index in [0.717, 1.165) is 24.3 Å². The van der Waals surface area contributed by atoms with Crippen LogP contribution in [-0.2, 0) is 13.8 Å². The predicted molar refractivity (Wildman–Crippen MR) is 107 cm³/mol. The summed E-state index contributed by atoms with van der Waals surface area (Å²) in [5, 5.41) is 39.4. The zero-order valence-electron chi connectivity index (χ0n) is 16.1. The molecule has 0 fully saturated rings. The molecule has 2 aromatic carbocycles. The number of hydrogen-bond acceptors (Lipinski definition) is 10. The molecular formula is C19H19O11P.